The minimum Gasteiger partial charge on any atom is -0.355 e. The molecule has 20 heavy (non-hydrogen) atoms. The van der Waals surface area contributed by atoms with E-state index in [1.807, 2.05) is 0 Å². The van der Waals surface area contributed by atoms with Gasteiger partial charge in [0.1, 0.15) is 23.7 Å². The van der Waals surface area contributed by atoms with Crippen LogP contribution in [0.15, 0.2) is 36.7 Å². The molecule has 0 atom stereocenters. The zero-order valence-corrected chi connectivity index (χ0v) is 10.5. The molecule has 0 radical (unpaired) electrons. The van der Waals surface area contributed by atoms with Gasteiger partial charge in [-0.3, -0.25) is 0 Å². The van der Waals surface area contributed by atoms with Crippen LogP contribution in [-0.2, 0) is 12.7 Å². The summed E-state index contributed by atoms with van der Waals surface area (Å²) in [5.41, 5.74) is -0.367. The summed E-state index contributed by atoms with van der Waals surface area (Å²) in [6.07, 6.45) is -3.66. The molecule has 1 aromatic carbocycles. The molecule has 0 aliphatic rings. The van der Waals surface area contributed by atoms with Crippen LogP contribution in [0.4, 0.5) is 23.4 Å². The first kappa shape index (κ1) is 14.2. The van der Waals surface area contributed by atoms with Crippen LogP contribution >= 0.6 is 0 Å². The summed E-state index contributed by atoms with van der Waals surface area (Å²) in [6, 6.07) is 6.71. The van der Waals surface area contributed by atoms with Crippen molar-refractivity contribution in [1.29, 1.82) is 0 Å². The van der Waals surface area contributed by atoms with Crippen LogP contribution in [-0.4, -0.2) is 17.0 Å². The molecule has 0 N–H and O–H groups in total. The quantitative estimate of drug-likeness (QED) is 0.810. The highest BCUT2D eigenvalue weighted by Gasteiger charge is 2.33. The minimum atomic E-state index is -4.52. The van der Waals surface area contributed by atoms with Crippen molar-refractivity contribution < 1.29 is 17.6 Å². The molecule has 106 valence electrons. The molecule has 1 heterocycles. The SMILES string of the molecule is CN(Cc1cccc(F)c1)c1cc(C(F)(F)F)ncn1. The number of nitrogens with zero attached hydrogens (tertiary/aromatic N) is 3. The molecule has 0 unspecified atom stereocenters. The fraction of sp³-hybridized carbons (Fsp3) is 0.231. The first-order chi connectivity index (χ1) is 9.36. The molecule has 3 nitrogen and oxygen atoms in total. The number of alkyl halides is 3. The molecule has 0 aliphatic heterocycles. The lowest BCUT2D eigenvalue weighted by molar-refractivity contribution is -0.141. The van der Waals surface area contributed by atoms with E-state index in [0.717, 1.165) is 12.4 Å². The van der Waals surface area contributed by atoms with Gasteiger partial charge in [0.25, 0.3) is 0 Å². The molecule has 0 saturated carbocycles. The van der Waals surface area contributed by atoms with Crippen molar-refractivity contribution in [3.8, 4) is 0 Å². The number of hydrogen-bond acceptors (Lipinski definition) is 3. The number of aromatic nitrogens is 2. The van der Waals surface area contributed by atoms with Crippen LogP contribution < -0.4 is 4.90 Å². The molecular weight excluding hydrogens is 274 g/mol. The lowest BCUT2D eigenvalue weighted by atomic mass is 10.2. The van der Waals surface area contributed by atoms with Crippen molar-refractivity contribution in [2.24, 2.45) is 0 Å². The first-order valence-corrected chi connectivity index (χ1v) is 5.71. The Morgan fingerprint density at radius 1 is 1.15 bits per heavy atom. The van der Waals surface area contributed by atoms with Crippen LogP contribution in [0.3, 0.4) is 0 Å². The monoisotopic (exact) mass is 285 g/mol. The van der Waals surface area contributed by atoms with E-state index < -0.39 is 17.7 Å². The Balaban J connectivity index is 2.19. The van der Waals surface area contributed by atoms with Gasteiger partial charge in [0, 0.05) is 19.7 Å². The Bertz CT molecular complexity index is 598. The Morgan fingerprint density at radius 3 is 2.55 bits per heavy atom. The third-order valence-corrected chi connectivity index (χ3v) is 2.64. The summed E-state index contributed by atoms with van der Waals surface area (Å²) in [5.74, 6) is -0.272. The zero-order valence-electron chi connectivity index (χ0n) is 10.5. The smallest absolute Gasteiger partial charge is 0.355 e. The highest BCUT2D eigenvalue weighted by atomic mass is 19.4. The van der Waals surface area contributed by atoms with Gasteiger partial charge in [-0.05, 0) is 17.7 Å². The van der Waals surface area contributed by atoms with Gasteiger partial charge in [0.05, 0.1) is 0 Å². The summed E-state index contributed by atoms with van der Waals surface area (Å²) in [6.45, 7) is 0.242. The van der Waals surface area contributed by atoms with E-state index in [1.165, 1.54) is 17.0 Å². The standard InChI is InChI=1S/C13H11F4N3/c1-20(7-9-3-2-4-10(14)5-9)12-6-11(13(15,16)17)18-8-19-12/h2-6,8H,7H2,1H3. The molecule has 0 amide bonds. The van der Waals surface area contributed by atoms with Gasteiger partial charge in [-0.25, -0.2) is 14.4 Å². The van der Waals surface area contributed by atoms with Gasteiger partial charge in [-0.2, -0.15) is 13.2 Å². The van der Waals surface area contributed by atoms with Crippen molar-refractivity contribution >= 4 is 5.82 Å². The van der Waals surface area contributed by atoms with E-state index in [4.69, 9.17) is 0 Å². The van der Waals surface area contributed by atoms with Crippen molar-refractivity contribution in [2.45, 2.75) is 12.7 Å². The number of rotatable bonds is 3. The average molecular weight is 285 g/mol. The summed E-state index contributed by atoms with van der Waals surface area (Å²) < 4.78 is 50.7. The first-order valence-electron chi connectivity index (χ1n) is 5.71. The third kappa shape index (κ3) is 3.43. The summed E-state index contributed by atoms with van der Waals surface area (Å²) >= 11 is 0. The van der Waals surface area contributed by atoms with Crippen LogP contribution in [0.5, 0.6) is 0 Å². The topological polar surface area (TPSA) is 29.0 Å². The number of halogens is 4. The minimum absolute atomic E-state index is 0.122. The Morgan fingerprint density at radius 2 is 1.90 bits per heavy atom. The highest BCUT2D eigenvalue weighted by molar-refractivity contribution is 5.39. The van der Waals surface area contributed by atoms with E-state index in [-0.39, 0.29) is 12.4 Å². The number of hydrogen-bond donors (Lipinski definition) is 0. The third-order valence-electron chi connectivity index (χ3n) is 2.64. The number of benzene rings is 1. The van der Waals surface area contributed by atoms with E-state index in [2.05, 4.69) is 9.97 Å². The van der Waals surface area contributed by atoms with Gasteiger partial charge in [0.2, 0.25) is 0 Å². The van der Waals surface area contributed by atoms with Crippen LogP contribution in [0.25, 0.3) is 0 Å². The lowest BCUT2D eigenvalue weighted by Crippen LogP contribution is -2.19. The lowest BCUT2D eigenvalue weighted by Gasteiger charge is -2.19. The van der Waals surface area contributed by atoms with Crippen LogP contribution in [0.2, 0.25) is 0 Å². The zero-order chi connectivity index (χ0) is 14.8. The van der Waals surface area contributed by atoms with Crippen molar-refractivity contribution in [3.63, 3.8) is 0 Å². The molecule has 0 fully saturated rings. The summed E-state index contributed by atoms with van der Waals surface area (Å²) in [4.78, 5) is 8.48. The highest BCUT2D eigenvalue weighted by Crippen LogP contribution is 2.28. The van der Waals surface area contributed by atoms with Gasteiger partial charge in [0.15, 0.2) is 0 Å². The van der Waals surface area contributed by atoms with Gasteiger partial charge < -0.3 is 4.90 Å². The molecule has 0 saturated heterocycles. The van der Waals surface area contributed by atoms with Crippen molar-refractivity contribution in [3.05, 3.63) is 53.7 Å². The average Bonchev–Trinajstić information content (AvgIpc) is 2.38. The molecule has 7 heteroatoms. The van der Waals surface area contributed by atoms with Gasteiger partial charge in [-0.1, -0.05) is 12.1 Å². The maximum absolute atomic E-state index is 13.0. The van der Waals surface area contributed by atoms with E-state index >= 15 is 0 Å². The van der Waals surface area contributed by atoms with E-state index in [9.17, 15) is 17.6 Å². The summed E-state index contributed by atoms with van der Waals surface area (Å²) in [5, 5.41) is 0. The Hall–Kier alpha value is -2.18. The fourth-order valence-corrected chi connectivity index (χ4v) is 1.70. The molecule has 0 spiro atoms. The maximum atomic E-state index is 13.0. The Kier molecular flexibility index (Phi) is 3.87. The van der Waals surface area contributed by atoms with Gasteiger partial charge >= 0.3 is 6.18 Å². The second-order valence-corrected chi connectivity index (χ2v) is 4.25. The van der Waals surface area contributed by atoms with E-state index in [1.54, 1.807) is 19.2 Å². The van der Waals surface area contributed by atoms with Crippen molar-refractivity contribution in [2.75, 3.05) is 11.9 Å². The number of anilines is 1. The molecule has 0 aliphatic carbocycles. The molecule has 0 bridgehead atoms. The molecule has 1 aromatic heterocycles. The van der Waals surface area contributed by atoms with Crippen molar-refractivity contribution in [1.82, 2.24) is 9.97 Å². The largest absolute Gasteiger partial charge is 0.433 e. The molecular formula is C13H11F4N3. The van der Waals surface area contributed by atoms with E-state index in [0.29, 0.717) is 5.56 Å². The second-order valence-electron chi connectivity index (χ2n) is 4.25. The second kappa shape index (κ2) is 5.44. The predicted octanol–water partition coefficient (Wildman–Crippen LogP) is 3.27. The van der Waals surface area contributed by atoms with Crippen LogP contribution in [0, 0.1) is 5.82 Å². The normalized spacial score (nSPS) is 11.4. The predicted molar refractivity (Wildman–Crippen MR) is 65.5 cm³/mol. The van der Waals surface area contributed by atoms with Crippen LogP contribution in [0.1, 0.15) is 11.3 Å². The molecule has 2 aromatic rings. The maximum Gasteiger partial charge on any atom is 0.433 e. The Labute approximate surface area is 112 Å². The van der Waals surface area contributed by atoms with Gasteiger partial charge in [-0.15, -0.1) is 0 Å². The fourth-order valence-electron chi connectivity index (χ4n) is 1.70. The molecule has 2 rings (SSSR count). The summed E-state index contributed by atoms with van der Waals surface area (Å²) in [7, 11) is 1.58.